The van der Waals surface area contributed by atoms with E-state index in [0.717, 1.165) is 4.90 Å². The molecular weight excluding hydrogens is 808 g/mol. The van der Waals surface area contributed by atoms with E-state index in [1.54, 1.807) is 12.1 Å². The van der Waals surface area contributed by atoms with Gasteiger partial charge in [-0.05, 0) is 31.0 Å². The number of carboxylic acids is 1. The van der Waals surface area contributed by atoms with Gasteiger partial charge in [-0.25, -0.2) is 4.79 Å². The number of carbonyl (C=O) groups is 6. The third-order valence-electron chi connectivity index (χ3n) is 8.21. The number of benzene rings is 1. The first kappa shape index (κ1) is 50.1. The van der Waals surface area contributed by atoms with Crippen LogP contribution in [0.5, 0.6) is 5.75 Å². The highest BCUT2D eigenvalue weighted by Crippen LogP contribution is 2.20. The Labute approximate surface area is 352 Å². The molecule has 61 heavy (non-hydrogen) atoms. The number of amides is 5. The second-order valence-corrected chi connectivity index (χ2v) is 12.9. The second-order valence-electron chi connectivity index (χ2n) is 12.9. The van der Waals surface area contributed by atoms with Crippen molar-refractivity contribution in [2.75, 3.05) is 125 Å². The van der Waals surface area contributed by atoms with E-state index in [1.807, 2.05) is 0 Å². The van der Waals surface area contributed by atoms with E-state index in [0.29, 0.717) is 110 Å². The molecule has 1 aromatic heterocycles. The maximum absolute atomic E-state index is 12.7. The number of aliphatic carboxylic acids is 1. The van der Waals surface area contributed by atoms with Gasteiger partial charge in [0.25, 0.3) is 23.6 Å². The van der Waals surface area contributed by atoms with Crippen LogP contribution >= 0.6 is 0 Å². The van der Waals surface area contributed by atoms with Crippen LogP contribution in [0.15, 0.2) is 45.6 Å². The van der Waals surface area contributed by atoms with Crippen molar-refractivity contribution in [3.8, 4) is 5.75 Å². The van der Waals surface area contributed by atoms with Crippen LogP contribution in [0.3, 0.4) is 0 Å². The fourth-order valence-electron chi connectivity index (χ4n) is 5.09. The van der Waals surface area contributed by atoms with Gasteiger partial charge in [-0.15, -0.1) is 0 Å². The summed E-state index contributed by atoms with van der Waals surface area (Å²) in [5, 5.41) is 17.1. The Morgan fingerprint density at radius 3 is 1.70 bits per heavy atom. The summed E-state index contributed by atoms with van der Waals surface area (Å²) < 4.78 is 48.5. The van der Waals surface area contributed by atoms with Crippen LogP contribution in [0.4, 0.5) is 0 Å². The lowest BCUT2D eigenvalue weighted by Gasteiger charge is -2.13. The fourth-order valence-corrected chi connectivity index (χ4v) is 5.09. The Hall–Kier alpha value is -5.29. The summed E-state index contributed by atoms with van der Waals surface area (Å²) in [6, 6.07) is 6.10. The monoisotopic (exact) mass is 864 g/mol. The molecule has 2 heterocycles. The quantitative estimate of drug-likeness (QED) is 0.0393. The molecule has 21 heteroatoms. The van der Waals surface area contributed by atoms with Crippen molar-refractivity contribution < 1.29 is 76.2 Å². The Balaban J connectivity index is 1.13. The van der Waals surface area contributed by atoms with Crippen LogP contribution in [0.1, 0.15) is 36.0 Å². The molecule has 0 saturated carbocycles. The van der Waals surface area contributed by atoms with E-state index < -0.39 is 29.3 Å². The maximum Gasteiger partial charge on any atom is 0.349 e. The molecule has 2 aromatic rings. The number of nitrogens with zero attached hydrogens (tertiary/aromatic N) is 1. The Kier molecular flexibility index (Phi) is 25.2. The molecule has 0 atom stereocenters. The van der Waals surface area contributed by atoms with E-state index in [2.05, 4.69) is 16.0 Å². The molecule has 0 bridgehead atoms. The smallest absolute Gasteiger partial charge is 0.349 e. The van der Waals surface area contributed by atoms with Crippen LogP contribution in [0.25, 0.3) is 11.0 Å². The molecule has 338 valence electrons. The molecule has 5 amide bonds. The highest BCUT2D eigenvalue weighted by atomic mass is 16.6. The number of hydrogen-bond acceptors (Lipinski definition) is 16. The van der Waals surface area contributed by atoms with E-state index in [1.165, 1.54) is 24.3 Å². The first-order chi connectivity index (χ1) is 29.6. The average molecular weight is 865 g/mol. The van der Waals surface area contributed by atoms with Crippen LogP contribution in [-0.2, 0) is 57.1 Å². The Morgan fingerprint density at radius 2 is 1.11 bits per heavy atom. The predicted molar refractivity (Wildman–Crippen MR) is 214 cm³/mol. The van der Waals surface area contributed by atoms with Gasteiger partial charge in [0.1, 0.15) is 16.9 Å². The predicted octanol–water partition coefficient (Wildman–Crippen LogP) is -0.180. The summed E-state index contributed by atoms with van der Waals surface area (Å²) in [6.45, 7) is 5.41. The standard InChI is InChI=1S/C40H56N4O17/c45-34(7-12-44-36(47)5-6-37(44)48)41-9-1-13-53-17-21-57-22-18-54-14-2-10-43-39(51)32-27-30-3-4-31(28-33(30)61-40(32)52)60-29-35(46)42-11-16-56-20-24-59-26-25-58-23-19-55-15-8-38(49)50/h3-6,27-28H,1-2,7-26,29H2,(H,41,45)(H,42,46)(H,43,51)(H,49,50). The molecule has 0 saturated heterocycles. The van der Waals surface area contributed by atoms with Crippen molar-refractivity contribution in [3.05, 3.63) is 52.4 Å². The van der Waals surface area contributed by atoms with E-state index in [9.17, 15) is 33.6 Å². The van der Waals surface area contributed by atoms with Gasteiger partial charge in [-0.3, -0.25) is 33.7 Å². The lowest BCUT2D eigenvalue weighted by atomic mass is 10.1. The van der Waals surface area contributed by atoms with Crippen molar-refractivity contribution in [1.82, 2.24) is 20.9 Å². The minimum Gasteiger partial charge on any atom is -0.484 e. The number of carboxylic acid groups (broad SMARTS) is 1. The van der Waals surface area contributed by atoms with Gasteiger partial charge in [0.15, 0.2) is 6.61 Å². The molecule has 4 N–H and O–H groups in total. The molecule has 0 aliphatic carbocycles. The number of imide groups is 1. The van der Waals surface area contributed by atoms with Gasteiger partial charge in [-0.2, -0.15) is 0 Å². The summed E-state index contributed by atoms with van der Waals surface area (Å²) >= 11 is 0. The van der Waals surface area contributed by atoms with Crippen LogP contribution in [0, 0.1) is 0 Å². The van der Waals surface area contributed by atoms with Crippen molar-refractivity contribution in [2.45, 2.75) is 25.7 Å². The van der Waals surface area contributed by atoms with Crippen LogP contribution < -0.4 is 26.3 Å². The zero-order valence-corrected chi connectivity index (χ0v) is 34.2. The van der Waals surface area contributed by atoms with Gasteiger partial charge in [0, 0.05) is 69.4 Å². The number of rotatable bonds is 36. The normalized spacial score (nSPS) is 12.3. The van der Waals surface area contributed by atoms with Crippen molar-refractivity contribution in [1.29, 1.82) is 0 Å². The number of fused-ring (bicyclic) bond motifs is 1. The third kappa shape index (κ3) is 22.2. The summed E-state index contributed by atoms with van der Waals surface area (Å²) in [5.41, 5.74) is -0.780. The lowest BCUT2D eigenvalue weighted by molar-refractivity contribution is -0.139. The molecule has 1 aliphatic heterocycles. The molecule has 1 aromatic carbocycles. The van der Waals surface area contributed by atoms with Crippen molar-refractivity contribution in [3.63, 3.8) is 0 Å². The second kappa shape index (κ2) is 30.7. The van der Waals surface area contributed by atoms with Gasteiger partial charge >= 0.3 is 11.6 Å². The third-order valence-corrected chi connectivity index (χ3v) is 8.21. The summed E-state index contributed by atoms with van der Waals surface area (Å²) in [6.07, 6.45) is 3.46. The molecule has 1 aliphatic rings. The van der Waals surface area contributed by atoms with Gasteiger partial charge in [-0.1, -0.05) is 0 Å². The SMILES string of the molecule is O=C(O)CCOCCOCCOCCOCCNC(=O)COc1ccc2cc(C(=O)NCCCOCCOCCOCCCNC(=O)CCN3C(=O)C=CC3=O)c(=O)oc2c1. The number of hydrogen-bond donors (Lipinski definition) is 4. The number of carbonyl (C=O) groups excluding carboxylic acids is 5. The zero-order chi connectivity index (χ0) is 43.9. The summed E-state index contributed by atoms with van der Waals surface area (Å²) in [7, 11) is 0. The topological polar surface area (TPSA) is 266 Å². The van der Waals surface area contributed by atoms with Gasteiger partial charge in [0.2, 0.25) is 5.91 Å². The molecule has 0 unspecified atom stereocenters. The number of nitrogens with one attached hydrogen (secondary N) is 3. The first-order valence-electron chi connectivity index (χ1n) is 20.0. The van der Waals surface area contributed by atoms with Crippen molar-refractivity contribution in [2.24, 2.45) is 0 Å². The highest BCUT2D eigenvalue weighted by Gasteiger charge is 2.23. The van der Waals surface area contributed by atoms with Gasteiger partial charge < -0.3 is 63.4 Å². The van der Waals surface area contributed by atoms with E-state index in [4.69, 9.17) is 47.4 Å². The molecule has 3 rings (SSSR count). The molecule has 21 nitrogen and oxygen atoms in total. The molecule has 0 spiro atoms. The minimum absolute atomic E-state index is 0.0413. The molecule has 0 radical (unpaired) electrons. The molecule has 0 fully saturated rings. The van der Waals surface area contributed by atoms with Gasteiger partial charge in [0.05, 0.1) is 85.7 Å². The minimum atomic E-state index is -0.910. The Bertz CT molecular complexity index is 1750. The number of ether oxygens (including phenoxy) is 8. The van der Waals surface area contributed by atoms with Crippen LogP contribution in [-0.4, -0.2) is 171 Å². The summed E-state index contributed by atoms with van der Waals surface area (Å²) in [5.74, 6) is -2.65. The summed E-state index contributed by atoms with van der Waals surface area (Å²) in [4.78, 5) is 83.7. The maximum atomic E-state index is 12.7. The first-order valence-corrected chi connectivity index (χ1v) is 20.0. The average Bonchev–Trinajstić information content (AvgIpc) is 3.56. The van der Waals surface area contributed by atoms with Crippen LogP contribution in [0.2, 0.25) is 0 Å². The Morgan fingerprint density at radius 1 is 0.590 bits per heavy atom. The highest BCUT2D eigenvalue weighted by molar-refractivity contribution is 6.13. The fraction of sp³-hybridized carbons (Fsp3) is 0.575. The zero-order valence-electron chi connectivity index (χ0n) is 34.2. The van der Waals surface area contributed by atoms with E-state index >= 15 is 0 Å². The largest absolute Gasteiger partial charge is 0.484 e. The lowest BCUT2D eigenvalue weighted by Crippen LogP contribution is -2.35. The van der Waals surface area contributed by atoms with E-state index in [-0.39, 0.29) is 75.3 Å². The van der Waals surface area contributed by atoms with Crippen molar-refractivity contribution >= 4 is 46.5 Å². The molecular formula is C40H56N4O17.